The minimum absolute atomic E-state index is 0.0748. The van der Waals surface area contributed by atoms with Crippen LogP contribution >= 0.6 is 0 Å². The van der Waals surface area contributed by atoms with Crippen molar-refractivity contribution in [2.45, 2.75) is 51.9 Å². The molecule has 0 aliphatic heterocycles. The topological polar surface area (TPSA) is 67.4 Å². The molecule has 0 aromatic heterocycles. The predicted molar refractivity (Wildman–Crippen MR) is 98.4 cm³/mol. The van der Waals surface area contributed by atoms with Gasteiger partial charge in [0.1, 0.15) is 5.75 Å². The van der Waals surface area contributed by atoms with Gasteiger partial charge in [-0.2, -0.15) is 0 Å². The molecule has 0 unspecified atom stereocenters. The van der Waals surface area contributed by atoms with Crippen molar-refractivity contribution in [1.29, 1.82) is 0 Å². The highest BCUT2D eigenvalue weighted by Gasteiger charge is 2.51. The highest BCUT2D eigenvalue weighted by atomic mass is 16.5. The maximum absolute atomic E-state index is 12.5. The average Bonchev–Trinajstić information content (AvgIpc) is 2.59. The van der Waals surface area contributed by atoms with Crippen LogP contribution in [-0.4, -0.2) is 18.4 Å². The van der Waals surface area contributed by atoms with Gasteiger partial charge in [0.2, 0.25) is 5.91 Å². The van der Waals surface area contributed by atoms with E-state index in [9.17, 15) is 9.59 Å². The number of benzene rings is 1. The van der Waals surface area contributed by atoms with Gasteiger partial charge in [0, 0.05) is 6.42 Å². The molecule has 4 saturated carbocycles. The summed E-state index contributed by atoms with van der Waals surface area (Å²) in [6, 6.07) is 7.07. The molecule has 0 radical (unpaired) electrons. The minimum atomic E-state index is -0.340. The molecule has 0 saturated heterocycles. The molecule has 5 heteroatoms. The third-order valence-corrected chi connectivity index (χ3v) is 6.45. The smallest absolute Gasteiger partial charge is 0.273 e. The molecule has 1 aromatic carbocycles. The summed E-state index contributed by atoms with van der Waals surface area (Å²) in [5.41, 5.74) is 5.80. The van der Waals surface area contributed by atoms with E-state index in [2.05, 4.69) is 10.9 Å². The maximum Gasteiger partial charge on any atom is 0.273 e. The third-order valence-electron chi connectivity index (χ3n) is 6.45. The molecule has 26 heavy (non-hydrogen) atoms. The first-order chi connectivity index (χ1) is 12.6. The molecule has 4 fully saturated rings. The molecule has 2 N–H and O–H groups in total. The Bertz CT molecular complexity index is 665. The van der Waals surface area contributed by atoms with E-state index in [1.54, 1.807) is 18.2 Å². The summed E-state index contributed by atoms with van der Waals surface area (Å²) in [7, 11) is 0. The van der Waals surface area contributed by atoms with Crippen LogP contribution in [0.1, 0.15) is 62.2 Å². The van der Waals surface area contributed by atoms with E-state index in [-0.39, 0.29) is 17.2 Å². The molecule has 5 nitrogen and oxygen atoms in total. The second-order valence-corrected chi connectivity index (χ2v) is 8.53. The van der Waals surface area contributed by atoms with Crippen LogP contribution in [0.3, 0.4) is 0 Å². The van der Waals surface area contributed by atoms with Crippen LogP contribution in [0.2, 0.25) is 0 Å². The van der Waals surface area contributed by atoms with E-state index in [1.807, 2.05) is 13.0 Å². The quantitative estimate of drug-likeness (QED) is 0.794. The Kier molecular flexibility index (Phi) is 4.63. The lowest BCUT2D eigenvalue weighted by atomic mass is 9.49. The monoisotopic (exact) mass is 356 g/mol. The fourth-order valence-corrected chi connectivity index (χ4v) is 6.02. The van der Waals surface area contributed by atoms with Crippen LogP contribution < -0.4 is 15.6 Å². The lowest BCUT2D eigenvalue weighted by molar-refractivity contribution is -0.130. The summed E-state index contributed by atoms with van der Waals surface area (Å²) in [6.07, 6.45) is 8.20. The van der Waals surface area contributed by atoms with E-state index < -0.39 is 0 Å². The van der Waals surface area contributed by atoms with Crippen molar-refractivity contribution < 1.29 is 14.3 Å². The van der Waals surface area contributed by atoms with Crippen molar-refractivity contribution in [3.05, 3.63) is 29.8 Å². The van der Waals surface area contributed by atoms with Gasteiger partial charge in [-0.15, -0.1) is 0 Å². The Balaban J connectivity index is 1.34. The molecule has 4 aliphatic rings. The first-order valence-electron chi connectivity index (χ1n) is 9.88. The Hall–Kier alpha value is -2.04. The van der Waals surface area contributed by atoms with Crippen LogP contribution in [0.5, 0.6) is 5.75 Å². The highest BCUT2D eigenvalue weighted by Crippen LogP contribution is 2.61. The number of hydrogen-bond acceptors (Lipinski definition) is 3. The van der Waals surface area contributed by atoms with Crippen LogP contribution in [0.25, 0.3) is 0 Å². The molecule has 2 amide bonds. The predicted octanol–water partition coefficient (Wildman–Crippen LogP) is 3.45. The summed E-state index contributed by atoms with van der Waals surface area (Å²) >= 11 is 0. The van der Waals surface area contributed by atoms with Crippen molar-refractivity contribution in [2.75, 3.05) is 6.61 Å². The van der Waals surface area contributed by atoms with Crippen molar-refractivity contribution in [2.24, 2.45) is 23.2 Å². The van der Waals surface area contributed by atoms with Crippen LogP contribution in [0.15, 0.2) is 24.3 Å². The van der Waals surface area contributed by atoms with Gasteiger partial charge >= 0.3 is 0 Å². The zero-order chi connectivity index (χ0) is 18.1. The second-order valence-electron chi connectivity index (χ2n) is 8.53. The highest BCUT2D eigenvalue weighted by molar-refractivity contribution is 5.97. The standard InChI is InChI=1S/C21H28N2O3/c1-2-26-18-6-4-3-5-17(18)20(25)23-22-19(24)13-21-10-14-7-15(11-21)9-16(8-14)12-21/h3-6,14-16H,2,7-13H2,1H3,(H,22,24)(H,23,25). The molecule has 5 rings (SSSR count). The Morgan fingerprint density at radius 1 is 1.04 bits per heavy atom. The number of hydrogen-bond donors (Lipinski definition) is 2. The van der Waals surface area contributed by atoms with E-state index in [0.717, 1.165) is 17.8 Å². The van der Waals surface area contributed by atoms with Crippen LogP contribution in [-0.2, 0) is 4.79 Å². The Labute approximate surface area is 154 Å². The van der Waals surface area contributed by atoms with Gasteiger partial charge in [0.05, 0.1) is 12.2 Å². The summed E-state index contributed by atoms with van der Waals surface area (Å²) < 4.78 is 5.48. The molecule has 4 bridgehead atoms. The fraction of sp³-hybridized carbons (Fsp3) is 0.619. The lowest BCUT2D eigenvalue weighted by Crippen LogP contribution is -2.50. The third kappa shape index (κ3) is 3.44. The lowest BCUT2D eigenvalue weighted by Gasteiger charge is -2.56. The number of ether oxygens (including phenoxy) is 1. The molecular weight excluding hydrogens is 328 g/mol. The summed E-state index contributed by atoms with van der Waals surface area (Å²) in [6.45, 7) is 2.37. The van der Waals surface area contributed by atoms with Gasteiger partial charge in [-0.3, -0.25) is 20.4 Å². The summed E-state index contributed by atoms with van der Waals surface area (Å²) in [4.78, 5) is 24.9. The number of amides is 2. The van der Waals surface area contributed by atoms with Gasteiger partial charge in [0.15, 0.2) is 0 Å². The zero-order valence-electron chi connectivity index (χ0n) is 15.4. The van der Waals surface area contributed by atoms with Crippen LogP contribution in [0, 0.1) is 23.2 Å². The number of carbonyl (C=O) groups excluding carboxylic acids is 2. The van der Waals surface area contributed by atoms with Crippen LogP contribution in [0.4, 0.5) is 0 Å². The number of carbonyl (C=O) groups is 2. The summed E-state index contributed by atoms with van der Waals surface area (Å²) in [5.74, 6) is 2.58. The number of rotatable bonds is 5. The van der Waals surface area contributed by atoms with Crippen molar-refractivity contribution in [3.63, 3.8) is 0 Å². The van der Waals surface area contributed by atoms with Crippen molar-refractivity contribution in [1.82, 2.24) is 10.9 Å². The molecule has 0 spiro atoms. The van der Waals surface area contributed by atoms with E-state index >= 15 is 0 Å². The Morgan fingerprint density at radius 2 is 1.65 bits per heavy atom. The van der Waals surface area contributed by atoms with E-state index in [1.165, 1.54) is 38.5 Å². The largest absolute Gasteiger partial charge is 0.493 e. The molecule has 1 aromatic rings. The average molecular weight is 356 g/mol. The molecule has 0 heterocycles. The van der Waals surface area contributed by atoms with Gasteiger partial charge < -0.3 is 4.74 Å². The Morgan fingerprint density at radius 3 is 2.27 bits per heavy atom. The number of para-hydroxylation sites is 1. The number of hydrazine groups is 1. The van der Waals surface area contributed by atoms with E-state index in [4.69, 9.17) is 4.74 Å². The first kappa shape index (κ1) is 17.4. The summed E-state index contributed by atoms with van der Waals surface area (Å²) in [5, 5.41) is 0. The second kappa shape index (κ2) is 6.93. The minimum Gasteiger partial charge on any atom is -0.493 e. The van der Waals surface area contributed by atoms with E-state index in [0.29, 0.717) is 24.3 Å². The number of nitrogens with one attached hydrogen (secondary N) is 2. The van der Waals surface area contributed by atoms with Crippen molar-refractivity contribution in [3.8, 4) is 5.75 Å². The first-order valence-corrected chi connectivity index (χ1v) is 9.88. The molecule has 4 aliphatic carbocycles. The van der Waals surface area contributed by atoms with Gasteiger partial charge in [0.25, 0.3) is 5.91 Å². The maximum atomic E-state index is 12.5. The normalized spacial score (nSPS) is 31.5. The molecule has 140 valence electrons. The molecular formula is C21H28N2O3. The van der Waals surface area contributed by atoms with Gasteiger partial charge in [-0.05, 0) is 80.8 Å². The fourth-order valence-electron chi connectivity index (χ4n) is 6.02. The SMILES string of the molecule is CCOc1ccccc1C(=O)NNC(=O)CC12CC3CC(CC(C3)C1)C2. The zero-order valence-corrected chi connectivity index (χ0v) is 15.4. The van der Waals surface area contributed by atoms with Gasteiger partial charge in [-0.25, -0.2) is 0 Å². The van der Waals surface area contributed by atoms with Crippen molar-refractivity contribution >= 4 is 11.8 Å². The molecule has 0 atom stereocenters. The van der Waals surface area contributed by atoms with Gasteiger partial charge in [-0.1, -0.05) is 12.1 Å².